The molecule has 0 bridgehead atoms. The fraction of sp³-hybridized carbons (Fsp3) is 0.533. The summed E-state index contributed by atoms with van der Waals surface area (Å²) in [6, 6.07) is 8.31. The molecule has 1 aliphatic rings. The van der Waals surface area contributed by atoms with Crippen LogP contribution in [0.5, 0.6) is 0 Å². The van der Waals surface area contributed by atoms with Gasteiger partial charge in [-0.1, -0.05) is 31.7 Å². The van der Waals surface area contributed by atoms with Gasteiger partial charge in [-0.05, 0) is 31.0 Å². The van der Waals surface area contributed by atoms with E-state index < -0.39 is 0 Å². The summed E-state index contributed by atoms with van der Waals surface area (Å²) in [5.74, 6) is -0.0282. The number of nitrogens with one attached hydrogen (secondary N) is 2. The number of rotatable bonds is 3. The second-order valence-corrected chi connectivity index (χ2v) is 4.99. The van der Waals surface area contributed by atoms with Gasteiger partial charge >= 0.3 is 0 Å². The van der Waals surface area contributed by atoms with Crippen LogP contribution < -0.4 is 10.6 Å². The van der Waals surface area contributed by atoms with Gasteiger partial charge in [0.05, 0.1) is 0 Å². The van der Waals surface area contributed by atoms with Crippen LogP contribution in [0.4, 0.5) is 5.69 Å². The van der Waals surface area contributed by atoms with Crippen molar-refractivity contribution >= 4 is 11.6 Å². The zero-order valence-corrected chi connectivity index (χ0v) is 11.0. The fourth-order valence-corrected chi connectivity index (χ4v) is 2.55. The molecule has 98 valence electrons. The molecule has 2 rings (SSSR count). The van der Waals surface area contributed by atoms with E-state index in [2.05, 4.69) is 10.6 Å². The van der Waals surface area contributed by atoms with Gasteiger partial charge in [-0.2, -0.15) is 0 Å². The number of carbonyl (C=O) groups excluding carboxylic acids is 1. The van der Waals surface area contributed by atoms with Crippen LogP contribution in [0.2, 0.25) is 0 Å². The predicted octanol–water partition coefficient (Wildman–Crippen LogP) is 3.18. The number of amides is 1. The van der Waals surface area contributed by atoms with Crippen molar-refractivity contribution < 1.29 is 4.79 Å². The number of hydrogen-bond acceptors (Lipinski definition) is 2. The molecule has 1 amide bonds. The van der Waals surface area contributed by atoms with Crippen molar-refractivity contribution in [2.45, 2.75) is 44.6 Å². The molecular formula is C15H22N2O. The highest BCUT2D eigenvalue weighted by Gasteiger charge is 2.12. The molecule has 2 N–H and O–H groups in total. The van der Waals surface area contributed by atoms with E-state index in [9.17, 15) is 4.79 Å². The summed E-state index contributed by atoms with van der Waals surface area (Å²) in [7, 11) is 1.66. The van der Waals surface area contributed by atoms with E-state index in [-0.39, 0.29) is 5.91 Å². The van der Waals surface area contributed by atoms with E-state index in [0.29, 0.717) is 6.04 Å². The first-order chi connectivity index (χ1) is 8.79. The maximum atomic E-state index is 11.6. The minimum Gasteiger partial charge on any atom is -0.382 e. The van der Waals surface area contributed by atoms with Crippen LogP contribution >= 0.6 is 0 Å². The third-order valence-electron chi connectivity index (χ3n) is 3.58. The Hall–Kier alpha value is -1.51. The van der Waals surface area contributed by atoms with Crippen LogP contribution in [-0.4, -0.2) is 19.0 Å². The van der Waals surface area contributed by atoms with Gasteiger partial charge < -0.3 is 10.6 Å². The molecule has 0 heterocycles. The number of hydrogen-bond donors (Lipinski definition) is 2. The van der Waals surface area contributed by atoms with Crippen molar-refractivity contribution in [1.29, 1.82) is 0 Å². The van der Waals surface area contributed by atoms with E-state index >= 15 is 0 Å². The highest BCUT2D eigenvalue weighted by Crippen LogP contribution is 2.21. The van der Waals surface area contributed by atoms with Crippen molar-refractivity contribution in [3.63, 3.8) is 0 Å². The Bertz CT molecular complexity index is 395. The summed E-state index contributed by atoms with van der Waals surface area (Å²) < 4.78 is 0. The lowest BCUT2D eigenvalue weighted by molar-refractivity contribution is 0.0963. The van der Waals surface area contributed by atoms with Gasteiger partial charge in [-0.25, -0.2) is 0 Å². The number of anilines is 1. The highest BCUT2D eigenvalue weighted by atomic mass is 16.1. The molecule has 0 unspecified atom stereocenters. The first kappa shape index (κ1) is 12.9. The fourth-order valence-electron chi connectivity index (χ4n) is 2.55. The molecule has 0 saturated heterocycles. The topological polar surface area (TPSA) is 41.1 Å². The zero-order chi connectivity index (χ0) is 12.8. The van der Waals surface area contributed by atoms with Gasteiger partial charge in [0.1, 0.15) is 0 Å². The molecular weight excluding hydrogens is 224 g/mol. The van der Waals surface area contributed by atoms with E-state index in [1.165, 1.54) is 38.5 Å². The third kappa shape index (κ3) is 3.49. The van der Waals surface area contributed by atoms with Gasteiger partial charge in [0.25, 0.3) is 5.91 Å². The zero-order valence-electron chi connectivity index (χ0n) is 11.0. The molecule has 0 spiro atoms. The molecule has 1 saturated carbocycles. The second kappa shape index (κ2) is 6.43. The van der Waals surface area contributed by atoms with E-state index in [0.717, 1.165) is 11.3 Å². The summed E-state index contributed by atoms with van der Waals surface area (Å²) in [5.41, 5.74) is 1.78. The van der Waals surface area contributed by atoms with Crippen molar-refractivity contribution in [3.05, 3.63) is 29.8 Å². The van der Waals surface area contributed by atoms with E-state index in [1.54, 1.807) is 7.05 Å². The van der Waals surface area contributed by atoms with E-state index in [4.69, 9.17) is 0 Å². The molecule has 0 radical (unpaired) electrons. The molecule has 0 aromatic heterocycles. The van der Waals surface area contributed by atoms with Crippen LogP contribution in [0.15, 0.2) is 24.3 Å². The molecule has 1 aromatic carbocycles. The lowest BCUT2D eigenvalue weighted by Crippen LogP contribution is -2.20. The molecule has 1 aromatic rings. The lowest BCUT2D eigenvalue weighted by Gasteiger charge is -2.18. The summed E-state index contributed by atoms with van der Waals surface area (Å²) in [6.45, 7) is 0. The monoisotopic (exact) mass is 246 g/mol. The lowest BCUT2D eigenvalue weighted by atomic mass is 10.1. The maximum Gasteiger partial charge on any atom is 0.251 e. The largest absolute Gasteiger partial charge is 0.382 e. The summed E-state index contributed by atoms with van der Waals surface area (Å²) in [5, 5.41) is 6.22. The summed E-state index contributed by atoms with van der Waals surface area (Å²) >= 11 is 0. The minimum atomic E-state index is -0.0282. The van der Waals surface area contributed by atoms with Gasteiger partial charge in [-0.3, -0.25) is 4.79 Å². The standard InChI is InChI=1S/C15H22N2O/c1-16-15(18)12-7-6-10-14(11-12)17-13-8-4-2-3-5-9-13/h6-7,10-11,13,17H,2-5,8-9H2,1H3,(H,16,18). The molecule has 3 heteroatoms. The van der Waals surface area contributed by atoms with Crippen LogP contribution in [0.1, 0.15) is 48.9 Å². The van der Waals surface area contributed by atoms with Gasteiger partial charge in [-0.15, -0.1) is 0 Å². The van der Waals surface area contributed by atoms with Crippen LogP contribution in [0.3, 0.4) is 0 Å². The number of carbonyl (C=O) groups is 1. The Kier molecular flexibility index (Phi) is 4.62. The van der Waals surface area contributed by atoms with Gasteiger partial charge in [0.15, 0.2) is 0 Å². The molecule has 18 heavy (non-hydrogen) atoms. The smallest absolute Gasteiger partial charge is 0.251 e. The van der Waals surface area contributed by atoms with Crippen molar-refractivity contribution in [2.75, 3.05) is 12.4 Å². The normalized spacial score (nSPS) is 16.9. The van der Waals surface area contributed by atoms with E-state index in [1.807, 2.05) is 24.3 Å². The molecule has 0 atom stereocenters. The Morgan fingerprint density at radius 1 is 1.17 bits per heavy atom. The van der Waals surface area contributed by atoms with Crippen LogP contribution in [0.25, 0.3) is 0 Å². The van der Waals surface area contributed by atoms with Crippen LogP contribution in [-0.2, 0) is 0 Å². The summed E-state index contributed by atoms with van der Waals surface area (Å²) in [6.07, 6.45) is 7.82. The molecule has 1 fully saturated rings. The SMILES string of the molecule is CNC(=O)c1cccc(NC2CCCCCC2)c1. The minimum absolute atomic E-state index is 0.0282. The van der Waals surface area contributed by atoms with Crippen molar-refractivity contribution in [3.8, 4) is 0 Å². The van der Waals surface area contributed by atoms with Gasteiger partial charge in [0, 0.05) is 24.3 Å². The average Bonchev–Trinajstić information content (AvgIpc) is 2.67. The molecule has 3 nitrogen and oxygen atoms in total. The van der Waals surface area contributed by atoms with Crippen molar-refractivity contribution in [2.24, 2.45) is 0 Å². The number of benzene rings is 1. The molecule has 1 aliphatic carbocycles. The molecule has 0 aliphatic heterocycles. The first-order valence-electron chi connectivity index (χ1n) is 6.88. The quantitative estimate of drug-likeness (QED) is 0.804. The Balaban J connectivity index is 2.01. The Labute approximate surface area is 109 Å². The second-order valence-electron chi connectivity index (χ2n) is 4.99. The average molecular weight is 246 g/mol. The predicted molar refractivity (Wildman–Crippen MR) is 74.9 cm³/mol. The van der Waals surface area contributed by atoms with Gasteiger partial charge in [0.2, 0.25) is 0 Å². The Morgan fingerprint density at radius 3 is 2.56 bits per heavy atom. The maximum absolute atomic E-state index is 11.6. The Morgan fingerprint density at radius 2 is 1.89 bits per heavy atom. The first-order valence-corrected chi connectivity index (χ1v) is 6.88. The highest BCUT2D eigenvalue weighted by molar-refractivity contribution is 5.94. The van der Waals surface area contributed by atoms with Crippen molar-refractivity contribution in [1.82, 2.24) is 5.32 Å². The summed E-state index contributed by atoms with van der Waals surface area (Å²) in [4.78, 5) is 11.6. The third-order valence-corrected chi connectivity index (χ3v) is 3.58. The van der Waals surface area contributed by atoms with Crippen LogP contribution in [0, 0.1) is 0 Å².